The van der Waals surface area contributed by atoms with Gasteiger partial charge in [-0.1, -0.05) is 6.58 Å². The van der Waals surface area contributed by atoms with E-state index < -0.39 is 31.1 Å². The second-order valence-electron chi connectivity index (χ2n) is 2.22. The molecule has 0 aromatic rings. The van der Waals surface area contributed by atoms with Crippen molar-refractivity contribution >= 4 is 5.97 Å². The molecule has 0 fully saturated rings. The molecule has 0 rings (SSSR count). The van der Waals surface area contributed by atoms with Crippen LogP contribution in [0, 0.1) is 0 Å². The van der Waals surface area contributed by atoms with Gasteiger partial charge in [0.1, 0.15) is 0 Å². The van der Waals surface area contributed by atoms with Crippen molar-refractivity contribution in [3.8, 4) is 0 Å². The van der Waals surface area contributed by atoms with Gasteiger partial charge in [-0.15, -0.1) is 0 Å². The van der Waals surface area contributed by atoms with Crippen molar-refractivity contribution in [2.75, 3.05) is 0 Å². The minimum Gasteiger partial charge on any atom is -0.425 e. The molecule has 2 nitrogen and oxygen atoms in total. The molecule has 0 aromatic heterocycles. The van der Waals surface area contributed by atoms with Crippen LogP contribution in [0.25, 0.3) is 0 Å². The molecule has 0 N–H and O–H groups in total. The number of halogens is 5. The largest absolute Gasteiger partial charge is 0.425 e. The van der Waals surface area contributed by atoms with Crippen molar-refractivity contribution in [2.45, 2.75) is 25.1 Å². The van der Waals surface area contributed by atoms with E-state index in [9.17, 15) is 26.7 Å². The van der Waals surface area contributed by atoms with Crippen LogP contribution in [0.3, 0.4) is 0 Å². The van der Waals surface area contributed by atoms with Crippen molar-refractivity contribution in [1.29, 1.82) is 0 Å². The van der Waals surface area contributed by atoms with Gasteiger partial charge in [-0.3, -0.25) is 0 Å². The zero-order chi connectivity index (χ0) is 11.3. The third kappa shape index (κ3) is 3.71. The molecule has 0 aromatic carbocycles. The molecule has 0 saturated carbocycles. The number of alkyl halides is 5. The van der Waals surface area contributed by atoms with Crippen molar-refractivity contribution in [1.82, 2.24) is 0 Å². The fourth-order valence-electron chi connectivity index (χ4n) is 0.508. The lowest BCUT2D eigenvalue weighted by Gasteiger charge is -2.16. The van der Waals surface area contributed by atoms with Crippen LogP contribution in [0.2, 0.25) is 0 Å². The molecule has 0 amide bonds. The number of rotatable bonds is 5. The van der Waals surface area contributed by atoms with E-state index in [0.717, 1.165) is 0 Å². The Balaban J connectivity index is 4.17. The fraction of sp³-hybridized carbons (Fsp3) is 0.571. The normalized spacial score (nSPS) is 17.3. The summed E-state index contributed by atoms with van der Waals surface area (Å²) in [5, 5.41) is 0. The second kappa shape index (κ2) is 5.56. The first-order valence-corrected chi connectivity index (χ1v) is 3.43. The lowest BCUT2D eigenvalue weighted by atomic mass is 10.2. The fourth-order valence-corrected chi connectivity index (χ4v) is 0.508. The number of hydrogen-bond donors (Lipinski definition) is 0. The molecule has 0 bridgehead atoms. The van der Waals surface area contributed by atoms with E-state index in [0.29, 0.717) is 6.08 Å². The van der Waals surface area contributed by atoms with Gasteiger partial charge in [0.2, 0.25) is 6.17 Å². The maximum atomic E-state index is 12.4. The van der Waals surface area contributed by atoms with Gasteiger partial charge in [-0.2, -0.15) is 4.39 Å². The summed E-state index contributed by atoms with van der Waals surface area (Å²) in [6.45, 7) is 2.85. The molecular formula is C7H7F5O2. The number of carbonyl (C=O) groups is 1. The van der Waals surface area contributed by atoms with Crippen LogP contribution in [-0.4, -0.2) is 31.1 Å². The summed E-state index contributed by atoms with van der Waals surface area (Å²) < 4.78 is 63.5. The van der Waals surface area contributed by atoms with Gasteiger partial charge < -0.3 is 4.74 Å². The van der Waals surface area contributed by atoms with Crippen molar-refractivity contribution < 1.29 is 31.5 Å². The average molecular weight is 218 g/mol. The quantitative estimate of drug-likeness (QED) is 0.400. The molecular weight excluding hydrogens is 211 g/mol. The topological polar surface area (TPSA) is 26.3 Å². The molecule has 0 saturated heterocycles. The molecule has 14 heavy (non-hydrogen) atoms. The summed E-state index contributed by atoms with van der Waals surface area (Å²) in [7, 11) is 0. The Morgan fingerprint density at radius 2 is 1.64 bits per heavy atom. The molecule has 82 valence electrons. The summed E-state index contributed by atoms with van der Waals surface area (Å²) in [5.74, 6) is -1.36. The Kier molecular flexibility index (Phi) is 5.11. The summed E-state index contributed by atoms with van der Waals surface area (Å²) in [5.41, 5.74) is 0. The zero-order valence-electron chi connectivity index (χ0n) is 6.80. The molecule has 7 heteroatoms. The SMILES string of the molecule is C=CC(=O)OC(F)C(F)C(F)C(F)F. The highest BCUT2D eigenvalue weighted by Crippen LogP contribution is 2.19. The Morgan fingerprint density at radius 1 is 1.14 bits per heavy atom. The molecule has 0 radical (unpaired) electrons. The molecule has 0 aliphatic carbocycles. The van der Waals surface area contributed by atoms with E-state index in [1.165, 1.54) is 0 Å². The highest BCUT2D eigenvalue weighted by atomic mass is 19.3. The average Bonchev–Trinajstić information content (AvgIpc) is 2.14. The Morgan fingerprint density at radius 3 is 2.00 bits per heavy atom. The summed E-state index contributed by atoms with van der Waals surface area (Å²) in [6, 6.07) is 0. The van der Waals surface area contributed by atoms with E-state index >= 15 is 0 Å². The van der Waals surface area contributed by atoms with E-state index in [1.807, 2.05) is 0 Å². The molecule has 3 atom stereocenters. The van der Waals surface area contributed by atoms with E-state index in [1.54, 1.807) is 0 Å². The van der Waals surface area contributed by atoms with Crippen molar-refractivity contribution in [3.63, 3.8) is 0 Å². The second-order valence-corrected chi connectivity index (χ2v) is 2.22. The van der Waals surface area contributed by atoms with Gasteiger partial charge in [-0.05, 0) is 0 Å². The number of hydrogen-bond acceptors (Lipinski definition) is 2. The van der Waals surface area contributed by atoms with Gasteiger partial charge in [0, 0.05) is 6.08 Å². The van der Waals surface area contributed by atoms with Crippen molar-refractivity contribution in [2.24, 2.45) is 0 Å². The van der Waals surface area contributed by atoms with Crippen LogP contribution >= 0.6 is 0 Å². The number of ether oxygens (including phenoxy) is 1. The van der Waals surface area contributed by atoms with Gasteiger partial charge in [-0.25, -0.2) is 22.4 Å². The van der Waals surface area contributed by atoms with Gasteiger partial charge in [0.15, 0.2) is 6.17 Å². The minimum absolute atomic E-state index is 0.495. The summed E-state index contributed by atoms with van der Waals surface area (Å²) in [6.07, 6.45) is -12.8. The van der Waals surface area contributed by atoms with E-state index in [-0.39, 0.29) is 0 Å². The molecule has 0 heterocycles. The smallest absolute Gasteiger partial charge is 0.332 e. The maximum absolute atomic E-state index is 12.4. The summed E-state index contributed by atoms with van der Waals surface area (Å²) >= 11 is 0. The van der Waals surface area contributed by atoms with E-state index in [4.69, 9.17) is 0 Å². The zero-order valence-corrected chi connectivity index (χ0v) is 6.80. The third-order valence-electron chi connectivity index (χ3n) is 1.19. The predicted molar refractivity (Wildman–Crippen MR) is 37.0 cm³/mol. The van der Waals surface area contributed by atoms with Crippen LogP contribution in [-0.2, 0) is 9.53 Å². The first-order chi connectivity index (χ1) is 6.40. The van der Waals surface area contributed by atoms with Crippen LogP contribution in [0.4, 0.5) is 22.0 Å². The number of carbonyl (C=O) groups excluding carboxylic acids is 1. The van der Waals surface area contributed by atoms with Crippen LogP contribution in [0.5, 0.6) is 0 Å². The third-order valence-corrected chi connectivity index (χ3v) is 1.19. The monoisotopic (exact) mass is 218 g/mol. The predicted octanol–water partition coefficient (Wildman–Crippen LogP) is 1.95. The lowest BCUT2D eigenvalue weighted by Crippen LogP contribution is -2.35. The maximum Gasteiger partial charge on any atom is 0.332 e. The van der Waals surface area contributed by atoms with Crippen molar-refractivity contribution in [3.05, 3.63) is 12.7 Å². The van der Waals surface area contributed by atoms with E-state index in [2.05, 4.69) is 11.3 Å². The van der Waals surface area contributed by atoms with Gasteiger partial charge in [0.05, 0.1) is 0 Å². The molecule has 0 aliphatic heterocycles. The van der Waals surface area contributed by atoms with Gasteiger partial charge >= 0.3 is 5.97 Å². The Labute approximate surface area is 76.3 Å². The Bertz CT molecular complexity index is 208. The highest BCUT2D eigenvalue weighted by molar-refractivity contribution is 5.81. The first-order valence-electron chi connectivity index (χ1n) is 3.43. The van der Waals surface area contributed by atoms with Crippen LogP contribution < -0.4 is 0 Å². The number of esters is 1. The highest BCUT2D eigenvalue weighted by Gasteiger charge is 2.38. The molecule has 3 unspecified atom stereocenters. The standard InChI is InChI=1S/C7H7F5O2/c1-2-3(13)14-7(12)5(9)4(8)6(10)11/h2,4-7H,1H2. The minimum atomic E-state index is -3.68. The first kappa shape index (κ1) is 12.9. The summed E-state index contributed by atoms with van der Waals surface area (Å²) in [4.78, 5) is 10.3. The van der Waals surface area contributed by atoms with Crippen LogP contribution in [0.1, 0.15) is 0 Å². The Hall–Kier alpha value is -1.14. The van der Waals surface area contributed by atoms with Gasteiger partial charge in [0.25, 0.3) is 12.8 Å². The lowest BCUT2D eigenvalue weighted by molar-refractivity contribution is -0.166. The molecule has 0 aliphatic rings. The molecule has 0 spiro atoms. The van der Waals surface area contributed by atoms with Crippen LogP contribution in [0.15, 0.2) is 12.7 Å².